The Bertz CT molecular complexity index is 495. The fourth-order valence-electron chi connectivity index (χ4n) is 2.11. The maximum atomic E-state index is 12.1. The highest BCUT2D eigenvalue weighted by Crippen LogP contribution is 2.14. The van der Waals surface area contributed by atoms with Crippen molar-refractivity contribution in [2.45, 2.75) is 12.5 Å². The van der Waals surface area contributed by atoms with Crippen LogP contribution in [0.2, 0.25) is 0 Å². The van der Waals surface area contributed by atoms with Crippen molar-refractivity contribution < 1.29 is 14.5 Å². The smallest absolute Gasteiger partial charge is 0.269 e. The zero-order chi connectivity index (χ0) is 14.5. The largest absolute Gasteiger partial charge is 0.373 e. The number of hydrogen-bond acceptors (Lipinski definition) is 5. The summed E-state index contributed by atoms with van der Waals surface area (Å²) in [5.74, 6) is -0.0133. The molecule has 1 aliphatic heterocycles. The van der Waals surface area contributed by atoms with E-state index in [9.17, 15) is 14.9 Å². The number of nitrogens with two attached hydrogens (primary N) is 1. The number of carbonyl (C=O) groups is 1. The monoisotopic (exact) mass is 315 g/mol. The zero-order valence-corrected chi connectivity index (χ0v) is 12.3. The lowest BCUT2D eigenvalue weighted by molar-refractivity contribution is -0.384. The van der Waals surface area contributed by atoms with Crippen molar-refractivity contribution in [3.63, 3.8) is 0 Å². The zero-order valence-electron chi connectivity index (χ0n) is 11.4. The molecule has 1 heterocycles. The van der Waals surface area contributed by atoms with Crippen LogP contribution >= 0.6 is 12.4 Å². The first-order chi connectivity index (χ1) is 9.60. The molecule has 1 fully saturated rings. The number of hydrogen-bond donors (Lipinski definition) is 1. The Kier molecular flexibility index (Phi) is 6.54. The molecule has 7 nitrogen and oxygen atoms in total. The first-order valence-corrected chi connectivity index (χ1v) is 6.43. The third kappa shape index (κ3) is 4.66. The molecule has 1 saturated heterocycles. The lowest BCUT2D eigenvalue weighted by Crippen LogP contribution is -2.48. The van der Waals surface area contributed by atoms with Gasteiger partial charge in [-0.05, 0) is 5.56 Å². The molecule has 0 aromatic heterocycles. The molecule has 0 spiro atoms. The van der Waals surface area contributed by atoms with Gasteiger partial charge in [-0.15, -0.1) is 12.4 Å². The van der Waals surface area contributed by atoms with Crippen LogP contribution in [0.15, 0.2) is 24.3 Å². The number of amides is 1. The highest BCUT2D eigenvalue weighted by Gasteiger charge is 2.23. The molecule has 0 aliphatic carbocycles. The van der Waals surface area contributed by atoms with Crippen LogP contribution in [0.25, 0.3) is 0 Å². The average molecular weight is 316 g/mol. The second-order valence-electron chi connectivity index (χ2n) is 4.67. The summed E-state index contributed by atoms with van der Waals surface area (Å²) in [6.45, 7) is 1.94. The molecule has 1 aliphatic rings. The van der Waals surface area contributed by atoms with Gasteiger partial charge in [0.25, 0.3) is 5.69 Å². The number of halogens is 1. The van der Waals surface area contributed by atoms with Crippen LogP contribution < -0.4 is 5.73 Å². The number of nitro benzene ring substituents is 1. The Morgan fingerprint density at radius 3 is 2.67 bits per heavy atom. The number of nitrogens with zero attached hydrogens (tertiary/aromatic N) is 2. The standard InChI is InChI=1S/C13H17N3O4.ClH/c14-8-12-9-15(5-6-20-12)13(17)7-10-1-3-11(4-2-10)16(18)19;/h1-4,12H,5-9,14H2;1H. The van der Waals surface area contributed by atoms with Crippen LogP contribution in [0.3, 0.4) is 0 Å². The van der Waals surface area contributed by atoms with Gasteiger partial charge in [0.15, 0.2) is 0 Å². The van der Waals surface area contributed by atoms with Gasteiger partial charge in [0.2, 0.25) is 5.91 Å². The van der Waals surface area contributed by atoms with Crippen LogP contribution in [-0.2, 0) is 16.0 Å². The number of nitro groups is 1. The lowest BCUT2D eigenvalue weighted by atomic mass is 10.1. The van der Waals surface area contributed by atoms with Crippen molar-refractivity contribution in [1.29, 1.82) is 0 Å². The van der Waals surface area contributed by atoms with E-state index in [-0.39, 0.29) is 36.5 Å². The summed E-state index contributed by atoms with van der Waals surface area (Å²) in [6.07, 6.45) is 0.125. The summed E-state index contributed by atoms with van der Waals surface area (Å²) in [7, 11) is 0. The molecule has 21 heavy (non-hydrogen) atoms. The molecular formula is C13H18ClN3O4. The summed E-state index contributed by atoms with van der Waals surface area (Å²) >= 11 is 0. The minimum atomic E-state index is -0.459. The quantitative estimate of drug-likeness (QED) is 0.653. The van der Waals surface area contributed by atoms with E-state index in [1.165, 1.54) is 12.1 Å². The van der Waals surface area contributed by atoms with Crippen LogP contribution in [0, 0.1) is 10.1 Å². The highest BCUT2D eigenvalue weighted by atomic mass is 35.5. The van der Waals surface area contributed by atoms with Crippen molar-refractivity contribution in [2.75, 3.05) is 26.2 Å². The SMILES string of the molecule is Cl.NCC1CN(C(=O)Cc2ccc([N+](=O)[O-])cc2)CCO1. The van der Waals surface area contributed by atoms with Gasteiger partial charge in [0.05, 0.1) is 24.1 Å². The summed E-state index contributed by atoms with van der Waals surface area (Å²) in [5.41, 5.74) is 6.32. The third-order valence-electron chi connectivity index (χ3n) is 3.26. The number of rotatable bonds is 4. The van der Waals surface area contributed by atoms with E-state index in [0.29, 0.717) is 26.2 Å². The van der Waals surface area contributed by atoms with Gasteiger partial charge in [0.1, 0.15) is 0 Å². The van der Waals surface area contributed by atoms with Crippen LogP contribution in [0.4, 0.5) is 5.69 Å². The molecule has 2 rings (SSSR count). The molecule has 1 aromatic carbocycles. The van der Waals surface area contributed by atoms with Gasteiger partial charge >= 0.3 is 0 Å². The number of ether oxygens (including phenoxy) is 1. The predicted octanol–water partition coefficient (Wildman–Crippen LogP) is 0.745. The Balaban J connectivity index is 0.00000220. The number of morpholine rings is 1. The normalized spacial score (nSPS) is 18.0. The van der Waals surface area contributed by atoms with Crippen LogP contribution in [0.1, 0.15) is 5.56 Å². The van der Waals surface area contributed by atoms with Crippen molar-refractivity contribution in [1.82, 2.24) is 4.90 Å². The number of carbonyl (C=O) groups excluding carboxylic acids is 1. The van der Waals surface area contributed by atoms with Crippen molar-refractivity contribution in [2.24, 2.45) is 5.73 Å². The van der Waals surface area contributed by atoms with E-state index in [4.69, 9.17) is 10.5 Å². The Labute approximate surface area is 128 Å². The van der Waals surface area contributed by atoms with Gasteiger partial charge in [0, 0.05) is 31.8 Å². The Hall–Kier alpha value is -1.70. The van der Waals surface area contributed by atoms with E-state index < -0.39 is 4.92 Å². The Morgan fingerprint density at radius 1 is 1.43 bits per heavy atom. The third-order valence-corrected chi connectivity index (χ3v) is 3.26. The summed E-state index contributed by atoms with van der Waals surface area (Å²) in [6, 6.07) is 6.03. The first kappa shape index (κ1) is 17.4. The molecule has 0 radical (unpaired) electrons. The molecule has 1 amide bonds. The topological polar surface area (TPSA) is 98.7 Å². The average Bonchev–Trinajstić information content (AvgIpc) is 2.47. The lowest BCUT2D eigenvalue weighted by Gasteiger charge is -2.32. The summed E-state index contributed by atoms with van der Waals surface area (Å²) in [4.78, 5) is 24.0. The van der Waals surface area contributed by atoms with E-state index in [1.807, 2.05) is 0 Å². The molecule has 2 N–H and O–H groups in total. The molecule has 1 aromatic rings. The number of benzene rings is 1. The molecule has 8 heteroatoms. The molecule has 1 unspecified atom stereocenters. The molecule has 116 valence electrons. The van der Waals surface area contributed by atoms with E-state index in [0.717, 1.165) is 5.56 Å². The summed E-state index contributed by atoms with van der Waals surface area (Å²) in [5, 5.41) is 10.6. The second-order valence-corrected chi connectivity index (χ2v) is 4.67. The minimum absolute atomic E-state index is 0. The van der Waals surface area contributed by atoms with E-state index in [2.05, 4.69) is 0 Å². The minimum Gasteiger partial charge on any atom is -0.373 e. The molecule has 1 atom stereocenters. The molecule has 0 saturated carbocycles. The van der Waals surface area contributed by atoms with Crippen molar-refractivity contribution in [3.8, 4) is 0 Å². The van der Waals surface area contributed by atoms with Gasteiger partial charge in [-0.3, -0.25) is 14.9 Å². The van der Waals surface area contributed by atoms with Gasteiger partial charge < -0.3 is 15.4 Å². The fourth-order valence-corrected chi connectivity index (χ4v) is 2.11. The van der Waals surface area contributed by atoms with Crippen molar-refractivity contribution >= 4 is 24.0 Å². The summed E-state index contributed by atoms with van der Waals surface area (Å²) < 4.78 is 5.41. The first-order valence-electron chi connectivity index (χ1n) is 6.43. The van der Waals surface area contributed by atoms with E-state index in [1.54, 1.807) is 17.0 Å². The van der Waals surface area contributed by atoms with E-state index >= 15 is 0 Å². The Morgan fingerprint density at radius 2 is 2.10 bits per heavy atom. The van der Waals surface area contributed by atoms with Crippen LogP contribution in [-0.4, -0.2) is 48.1 Å². The maximum absolute atomic E-state index is 12.1. The van der Waals surface area contributed by atoms with Gasteiger partial charge in [-0.2, -0.15) is 0 Å². The van der Waals surface area contributed by atoms with Crippen LogP contribution in [0.5, 0.6) is 0 Å². The van der Waals surface area contributed by atoms with Gasteiger partial charge in [-0.1, -0.05) is 12.1 Å². The fraction of sp³-hybridized carbons (Fsp3) is 0.462. The maximum Gasteiger partial charge on any atom is 0.269 e. The second kappa shape index (κ2) is 7.92. The van der Waals surface area contributed by atoms with Gasteiger partial charge in [-0.25, -0.2) is 0 Å². The predicted molar refractivity (Wildman–Crippen MR) is 79.4 cm³/mol. The number of non-ortho nitro benzene ring substituents is 1. The molecule has 0 bridgehead atoms. The molecular weight excluding hydrogens is 298 g/mol. The van der Waals surface area contributed by atoms with Crippen molar-refractivity contribution in [3.05, 3.63) is 39.9 Å². The highest BCUT2D eigenvalue weighted by molar-refractivity contribution is 5.85.